The molecular weight excluding hydrogens is 187 g/mol. The van der Waals surface area contributed by atoms with Crippen LogP contribution >= 0.6 is 0 Å². The summed E-state index contributed by atoms with van der Waals surface area (Å²) in [6, 6.07) is 0. The molecule has 0 heterocycles. The average Bonchev–Trinajstić information content (AvgIpc) is 1.90. The first-order valence-electron chi connectivity index (χ1n) is 3.02. The molecule has 2 N–H and O–H groups in total. The van der Waals surface area contributed by atoms with Gasteiger partial charge in [-0.15, -0.1) is 0 Å². The molecule has 0 aliphatic rings. The molecule has 0 spiro atoms. The van der Waals surface area contributed by atoms with E-state index in [-0.39, 0.29) is 35.3 Å². The smallest absolute Gasteiger partial charge is 0.473 e. The minimum Gasteiger partial charge on any atom is -0.473 e. The van der Waals surface area contributed by atoms with E-state index in [2.05, 4.69) is 6.92 Å². The summed E-state index contributed by atoms with van der Waals surface area (Å²) in [5, 5.41) is 14.8. The Hall–Kier alpha value is -0.390. The zero-order valence-electron chi connectivity index (χ0n) is 8.33. The van der Waals surface area contributed by atoms with Crippen molar-refractivity contribution in [3.63, 3.8) is 0 Å². The van der Waals surface area contributed by atoms with Gasteiger partial charge in [0.2, 0.25) is 0 Å². The summed E-state index contributed by atoms with van der Waals surface area (Å²) in [5.74, 6) is -3.48. The van der Waals surface area contributed by atoms with Crippen molar-refractivity contribution < 1.29 is 54.2 Å². The minimum atomic E-state index is -1.82. The fraction of sp³-hybridized carbons (Fsp3) is 0.429. The third-order valence-electron chi connectivity index (χ3n) is 0.183. The van der Waals surface area contributed by atoms with Crippen LogP contribution in [0.3, 0.4) is 0 Å². The first-order chi connectivity index (χ1) is 5.37. The third-order valence-corrected chi connectivity index (χ3v) is 0.183. The Morgan fingerprint density at radius 1 is 0.923 bits per heavy atom. The summed E-state index contributed by atoms with van der Waals surface area (Å²) < 4.78 is 0. The standard InChI is InChI=1S/C3H6O.C2H2O4.C2H5.Na/c1-3(2)4;3-1(4)2(5)6;1-2;/h1-2H3;(H,3,4)(H,5,6);1H2,2H3;/q;;-1;+1. The van der Waals surface area contributed by atoms with Crippen molar-refractivity contribution in [1.82, 2.24) is 0 Å². The molecule has 0 rings (SSSR count). The number of rotatable bonds is 0. The van der Waals surface area contributed by atoms with E-state index in [9.17, 15) is 4.79 Å². The quantitative estimate of drug-likeness (QED) is 0.258. The number of hydrogen-bond acceptors (Lipinski definition) is 3. The molecule has 13 heavy (non-hydrogen) atoms. The van der Waals surface area contributed by atoms with Crippen LogP contribution < -0.4 is 29.6 Å². The molecule has 0 amide bonds. The molecule has 0 atom stereocenters. The molecular formula is C7H13NaO5. The minimum absolute atomic E-state index is 0. The van der Waals surface area contributed by atoms with E-state index in [1.165, 1.54) is 13.8 Å². The Balaban J connectivity index is -0.0000000512. The number of aliphatic carboxylic acids is 2. The van der Waals surface area contributed by atoms with Gasteiger partial charge in [-0.3, -0.25) is 0 Å². The molecule has 0 fully saturated rings. The molecule has 0 unspecified atom stereocenters. The molecule has 0 bridgehead atoms. The van der Waals surface area contributed by atoms with Gasteiger partial charge in [0.05, 0.1) is 0 Å². The van der Waals surface area contributed by atoms with E-state index in [4.69, 9.17) is 19.8 Å². The summed E-state index contributed by atoms with van der Waals surface area (Å²) in [7, 11) is 0. The van der Waals surface area contributed by atoms with Gasteiger partial charge in [0.1, 0.15) is 5.78 Å². The molecule has 0 aromatic carbocycles. The predicted molar refractivity (Wildman–Crippen MR) is 42.7 cm³/mol. The van der Waals surface area contributed by atoms with Crippen molar-refractivity contribution in [2.24, 2.45) is 0 Å². The maximum absolute atomic E-state index is 9.44. The molecule has 0 aromatic rings. The molecule has 0 aliphatic carbocycles. The zero-order valence-corrected chi connectivity index (χ0v) is 10.3. The molecule has 0 radical (unpaired) electrons. The number of carbonyl (C=O) groups excluding carboxylic acids is 1. The van der Waals surface area contributed by atoms with E-state index in [1.807, 2.05) is 0 Å². The van der Waals surface area contributed by atoms with Crippen LogP contribution in [0.25, 0.3) is 0 Å². The molecule has 5 nitrogen and oxygen atoms in total. The number of carboxylic acids is 2. The van der Waals surface area contributed by atoms with Crippen LogP contribution in [0, 0.1) is 6.92 Å². The van der Waals surface area contributed by atoms with Crippen LogP contribution in [-0.2, 0) is 14.4 Å². The van der Waals surface area contributed by atoms with Gasteiger partial charge in [-0.1, -0.05) is 0 Å². The molecule has 0 saturated carbocycles. The maximum Gasteiger partial charge on any atom is 1.00 e. The molecule has 0 saturated heterocycles. The van der Waals surface area contributed by atoms with Crippen LogP contribution in [0.1, 0.15) is 20.8 Å². The summed E-state index contributed by atoms with van der Waals surface area (Å²) in [4.78, 5) is 27.6. The third kappa shape index (κ3) is 82.3. The molecule has 0 aliphatic heterocycles. The van der Waals surface area contributed by atoms with Crippen molar-refractivity contribution in [2.45, 2.75) is 20.8 Å². The molecule has 6 heteroatoms. The van der Waals surface area contributed by atoms with Gasteiger partial charge in [0.15, 0.2) is 0 Å². The SMILES string of the molecule is CC(C)=O.O=C(O)C(=O)O.[CH2-]C.[Na+]. The predicted octanol–water partition coefficient (Wildman–Crippen LogP) is -2.40. The number of Topliss-reactive ketones (excluding diaryl/α,β-unsaturated/α-hetero) is 1. The Bertz CT molecular complexity index is 139. The normalized spacial score (nSPS) is 5.85. The van der Waals surface area contributed by atoms with Crippen molar-refractivity contribution >= 4 is 17.7 Å². The number of carboxylic acid groups (broad SMARTS) is 2. The first kappa shape index (κ1) is 22.9. The summed E-state index contributed by atoms with van der Waals surface area (Å²) >= 11 is 0. The van der Waals surface area contributed by atoms with Gasteiger partial charge >= 0.3 is 41.5 Å². The average molecular weight is 200 g/mol. The van der Waals surface area contributed by atoms with Gasteiger partial charge in [-0.25, -0.2) is 9.59 Å². The Morgan fingerprint density at radius 2 is 1.00 bits per heavy atom. The molecule has 72 valence electrons. The second-order valence-electron chi connectivity index (χ2n) is 1.52. The zero-order chi connectivity index (χ0) is 10.7. The van der Waals surface area contributed by atoms with Crippen molar-refractivity contribution in [2.75, 3.05) is 0 Å². The topological polar surface area (TPSA) is 91.7 Å². The second kappa shape index (κ2) is 17.6. The van der Waals surface area contributed by atoms with E-state index in [0.29, 0.717) is 0 Å². The van der Waals surface area contributed by atoms with Crippen LogP contribution in [0.4, 0.5) is 0 Å². The fourth-order valence-electron chi connectivity index (χ4n) is 0. The Kier molecular flexibility index (Phi) is 31.1. The van der Waals surface area contributed by atoms with Gasteiger partial charge in [0.25, 0.3) is 0 Å². The summed E-state index contributed by atoms with van der Waals surface area (Å²) in [6.45, 7) is 8.06. The largest absolute Gasteiger partial charge is 1.00 e. The van der Waals surface area contributed by atoms with E-state index in [0.717, 1.165) is 0 Å². The number of ketones is 1. The van der Waals surface area contributed by atoms with Gasteiger partial charge in [0, 0.05) is 0 Å². The van der Waals surface area contributed by atoms with E-state index < -0.39 is 11.9 Å². The maximum atomic E-state index is 9.44. The van der Waals surface area contributed by atoms with Crippen LogP contribution in [0.5, 0.6) is 0 Å². The molecule has 0 aromatic heterocycles. The van der Waals surface area contributed by atoms with Crippen molar-refractivity contribution in [3.8, 4) is 0 Å². The summed E-state index contributed by atoms with van der Waals surface area (Å²) in [5.41, 5.74) is 0. The van der Waals surface area contributed by atoms with Gasteiger partial charge < -0.3 is 21.9 Å². The van der Waals surface area contributed by atoms with Crippen molar-refractivity contribution in [3.05, 3.63) is 6.92 Å². The first-order valence-corrected chi connectivity index (χ1v) is 3.02. The van der Waals surface area contributed by atoms with Crippen LogP contribution in [0.2, 0.25) is 0 Å². The van der Waals surface area contributed by atoms with Crippen LogP contribution in [0.15, 0.2) is 0 Å². The fourth-order valence-corrected chi connectivity index (χ4v) is 0. The van der Waals surface area contributed by atoms with Crippen molar-refractivity contribution in [1.29, 1.82) is 0 Å². The Morgan fingerprint density at radius 3 is 1.00 bits per heavy atom. The van der Waals surface area contributed by atoms with Gasteiger partial charge in [-0.05, 0) is 13.8 Å². The number of hydrogen-bond donors (Lipinski definition) is 2. The van der Waals surface area contributed by atoms with E-state index in [1.54, 1.807) is 6.92 Å². The van der Waals surface area contributed by atoms with Crippen LogP contribution in [-0.4, -0.2) is 27.9 Å². The van der Waals surface area contributed by atoms with E-state index >= 15 is 0 Å². The second-order valence-corrected chi connectivity index (χ2v) is 1.52. The monoisotopic (exact) mass is 200 g/mol. The van der Waals surface area contributed by atoms with Gasteiger partial charge in [-0.2, -0.15) is 6.92 Å². The summed E-state index contributed by atoms with van der Waals surface area (Å²) in [6.07, 6.45) is 0. The Labute approximate surface area is 99.4 Å². The number of carbonyl (C=O) groups is 3.